The molecule has 0 spiro atoms. The Morgan fingerprint density at radius 1 is 1.10 bits per heavy atom. The lowest BCUT2D eigenvalue weighted by Crippen LogP contribution is -2.61. The number of nitrogens with two attached hydrogens (primary N) is 1. The summed E-state index contributed by atoms with van der Waals surface area (Å²) >= 11 is 0. The first-order valence-corrected chi connectivity index (χ1v) is 8.16. The van der Waals surface area contributed by atoms with E-state index in [0.717, 1.165) is 17.3 Å². The smallest absolute Gasteiger partial charge is 0.134 e. The highest BCUT2D eigenvalue weighted by atomic mass is 15.1. The van der Waals surface area contributed by atoms with Crippen molar-refractivity contribution in [2.24, 2.45) is 16.7 Å². The van der Waals surface area contributed by atoms with E-state index >= 15 is 0 Å². The van der Waals surface area contributed by atoms with Gasteiger partial charge in [0.25, 0.3) is 0 Å². The first-order chi connectivity index (χ1) is 9.81. The zero-order chi connectivity index (χ0) is 14.9. The number of anilines is 2. The van der Waals surface area contributed by atoms with E-state index in [1.807, 2.05) is 6.92 Å². The van der Waals surface area contributed by atoms with E-state index in [1.54, 1.807) is 6.33 Å². The minimum Gasteiger partial charge on any atom is -0.383 e. The molecule has 1 aromatic heterocycles. The predicted octanol–water partition coefficient (Wildman–Crippen LogP) is 3.53. The van der Waals surface area contributed by atoms with Gasteiger partial charge < -0.3 is 11.1 Å². The third kappa shape index (κ3) is 2.02. The quantitative estimate of drug-likeness (QED) is 0.873. The molecule has 0 aromatic carbocycles. The molecule has 4 heteroatoms. The molecular formula is C17H26N4. The second-order valence-corrected chi connectivity index (χ2v) is 8.77. The molecule has 0 radical (unpaired) electrons. The second-order valence-electron chi connectivity index (χ2n) is 8.77. The highest BCUT2D eigenvalue weighted by molar-refractivity contribution is 5.55. The summed E-state index contributed by atoms with van der Waals surface area (Å²) in [6.45, 7) is 7.00. The molecule has 0 aliphatic heterocycles. The van der Waals surface area contributed by atoms with Crippen molar-refractivity contribution in [3.63, 3.8) is 0 Å². The summed E-state index contributed by atoms with van der Waals surface area (Å²) in [5.74, 6) is 2.41. The Balaban J connectivity index is 1.70. The molecule has 2 atom stereocenters. The largest absolute Gasteiger partial charge is 0.383 e. The van der Waals surface area contributed by atoms with Crippen molar-refractivity contribution < 1.29 is 0 Å². The lowest BCUT2D eigenvalue weighted by atomic mass is 9.43. The average Bonchev–Trinajstić information content (AvgIpc) is 2.30. The zero-order valence-corrected chi connectivity index (χ0v) is 13.4. The molecular weight excluding hydrogens is 260 g/mol. The van der Waals surface area contributed by atoms with Crippen LogP contribution in [0.15, 0.2) is 6.33 Å². The van der Waals surface area contributed by atoms with E-state index in [1.165, 1.54) is 38.5 Å². The van der Waals surface area contributed by atoms with Crippen LogP contribution in [-0.4, -0.2) is 15.5 Å². The van der Waals surface area contributed by atoms with Crippen LogP contribution in [0, 0.1) is 23.7 Å². The fraction of sp³-hybridized carbons (Fsp3) is 0.765. The first kappa shape index (κ1) is 13.4. The third-order valence-corrected chi connectivity index (χ3v) is 6.13. The van der Waals surface area contributed by atoms with Crippen LogP contribution in [0.25, 0.3) is 0 Å². The van der Waals surface area contributed by atoms with Crippen LogP contribution in [0.4, 0.5) is 11.6 Å². The maximum atomic E-state index is 5.95. The number of nitrogens with zero attached hydrogens (tertiary/aromatic N) is 2. The van der Waals surface area contributed by atoms with E-state index < -0.39 is 0 Å². The van der Waals surface area contributed by atoms with Gasteiger partial charge >= 0.3 is 0 Å². The van der Waals surface area contributed by atoms with Crippen molar-refractivity contribution in [2.45, 2.75) is 64.8 Å². The van der Waals surface area contributed by atoms with Gasteiger partial charge in [-0.05, 0) is 62.2 Å². The molecule has 1 heterocycles. The van der Waals surface area contributed by atoms with Gasteiger partial charge in [-0.15, -0.1) is 0 Å². The van der Waals surface area contributed by atoms with Crippen molar-refractivity contribution in [3.05, 3.63) is 11.9 Å². The van der Waals surface area contributed by atoms with Crippen LogP contribution < -0.4 is 11.1 Å². The van der Waals surface area contributed by atoms with Crippen LogP contribution in [0.3, 0.4) is 0 Å². The highest BCUT2D eigenvalue weighted by Crippen LogP contribution is 2.66. The Kier molecular flexibility index (Phi) is 2.48. The Bertz CT molecular complexity index is 578. The van der Waals surface area contributed by atoms with Gasteiger partial charge in [-0.2, -0.15) is 0 Å². The van der Waals surface area contributed by atoms with E-state index in [0.29, 0.717) is 16.6 Å². The van der Waals surface area contributed by atoms with Crippen molar-refractivity contribution in [1.82, 2.24) is 9.97 Å². The lowest BCUT2D eigenvalue weighted by Gasteiger charge is -2.65. The Morgan fingerprint density at radius 3 is 2.38 bits per heavy atom. The number of hydrogen-bond donors (Lipinski definition) is 2. The van der Waals surface area contributed by atoms with Gasteiger partial charge in [0.05, 0.1) is 0 Å². The molecule has 21 heavy (non-hydrogen) atoms. The molecule has 3 N–H and O–H groups in total. The second kappa shape index (κ2) is 3.90. The molecule has 4 fully saturated rings. The summed E-state index contributed by atoms with van der Waals surface area (Å²) in [4.78, 5) is 8.55. The fourth-order valence-corrected chi connectivity index (χ4v) is 6.43. The molecule has 4 saturated carbocycles. The normalized spacial score (nSPS) is 44.0. The summed E-state index contributed by atoms with van der Waals surface area (Å²) < 4.78 is 0. The van der Waals surface area contributed by atoms with E-state index in [9.17, 15) is 0 Å². The Hall–Kier alpha value is -1.32. The first-order valence-electron chi connectivity index (χ1n) is 8.16. The van der Waals surface area contributed by atoms with E-state index in [-0.39, 0.29) is 5.54 Å². The molecule has 4 aliphatic rings. The van der Waals surface area contributed by atoms with Crippen LogP contribution >= 0.6 is 0 Å². The average molecular weight is 286 g/mol. The van der Waals surface area contributed by atoms with Gasteiger partial charge in [0.15, 0.2) is 0 Å². The van der Waals surface area contributed by atoms with Crippen LogP contribution in [0.1, 0.15) is 57.9 Å². The molecule has 4 nitrogen and oxygen atoms in total. The van der Waals surface area contributed by atoms with Gasteiger partial charge in [0.2, 0.25) is 0 Å². The van der Waals surface area contributed by atoms with Crippen LogP contribution in [0.2, 0.25) is 0 Å². The maximum absolute atomic E-state index is 5.95. The standard InChI is InChI=1S/C17H26N4/c1-11-13(18)19-10-20-14(11)21-17-6-12-4-15(2,8-17)7-16(3,5-12)9-17/h10,12H,4-9H2,1-3H3,(H3,18,19,20,21). The van der Waals surface area contributed by atoms with Crippen molar-refractivity contribution in [2.75, 3.05) is 11.1 Å². The summed E-state index contributed by atoms with van der Waals surface area (Å²) in [5.41, 5.74) is 8.17. The van der Waals surface area contributed by atoms with Gasteiger partial charge in [0.1, 0.15) is 18.0 Å². The Morgan fingerprint density at radius 2 is 1.76 bits per heavy atom. The van der Waals surface area contributed by atoms with Gasteiger partial charge in [-0.25, -0.2) is 9.97 Å². The zero-order valence-electron chi connectivity index (χ0n) is 13.4. The van der Waals surface area contributed by atoms with Gasteiger partial charge in [-0.3, -0.25) is 0 Å². The van der Waals surface area contributed by atoms with Crippen LogP contribution in [-0.2, 0) is 0 Å². The van der Waals surface area contributed by atoms with Gasteiger partial charge in [0, 0.05) is 11.1 Å². The summed E-state index contributed by atoms with van der Waals surface area (Å²) in [6, 6.07) is 0. The highest BCUT2D eigenvalue weighted by Gasteiger charge is 2.60. The number of hydrogen-bond acceptors (Lipinski definition) is 4. The summed E-state index contributed by atoms with van der Waals surface area (Å²) in [6.07, 6.45) is 9.64. The molecule has 5 rings (SSSR count). The molecule has 1 aromatic rings. The molecule has 0 saturated heterocycles. The maximum Gasteiger partial charge on any atom is 0.134 e. The molecule has 2 unspecified atom stereocenters. The van der Waals surface area contributed by atoms with E-state index in [2.05, 4.69) is 29.1 Å². The molecule has 0 amide bonds. The van der Waals surface area contributed by atoms with Crippen molar-refractivity contribution in [1.29, 1.82) is 0 Å². The number of aromatic nitrogens is 2. The summed E-state index contributed by atoms with van der Waals surface area (Å²) in [5, 5.41) is 3.81. The summed E-state index contributed by atoms with van der Waals surface area (Å²) in [7, 11) is 0. The predicted molar refractivity (Wildman–Crippen MR) is 84.9 cm³/mol. The molecule has 4 aliphatic carbocycles. The van der Waals surface area contributed by atoms with Gasteiger partial charge in [-0.1, -0.05) is 13.8 Å². The third-order valence-electron chi connectivity index (χ3n) is 6.13. The van der Waals surface area contributed by atoms with Crippen molar-refractivity contribution >= 4 is 11.6 Å². The molecule has 4 bridgehead atoms. The molecule has 114 valence electrons. The Labute approximate surface area is 126 Å². The monoisotopic (exact) mass is 286 g/mol. The number of nitrogen functional groups attached to an aromatic ring is 1. The SMILES string of the molecule is Cc1c(N)ncnc1NC12CC3CC(C)(CC(C)(C3)C1)C2. The lowest BCUT2D eigenvalue weighted by molar-refractivity contribution is -0.0974. The minimum absolute atomic E-state index is 0.217. The van der Waals surface area contributed by atoms with E-state index in [4.69, 9.17) is 5.73 Å². The number of nitrogens with one attached hydrogen (secondary N) is 1. The van der Waals surface area contributed by atoms with Crippen LogP contribution in [0.5, 0.6) is 0 Å². The topological polar surface area (TPSA) is 63.8 Å². The van der Waals surface area contributed by atoms with Crippen molar-refractivity contribution in [3.8, 4) is 0 Å². The fourth-order valence-electron chi connectivity index (χ4n) is 6.43. The minimum atomic E-state index is 0.217. The number of rotatable bonds is 2.